The first-order valence-corrected chi connectivity index (χ1v) is 4.21. The molecule has 0 aromatic rings. The van der Waals surface area contributed by atoms with Gasteiger partial charge in [0, 0.05) is 6.61 Å². The van der Waals surface area contributed by atoms with Gasteiger partial charge in [-0.2, -0.15) is 0 Å². The molecule has 0 aliphatic carbocycles. The molecular weight excluding hydrogens is 124 g/mol. The molecule has 1 heterocycles. The van der Waals surface area contributed by atoms with Crippen LogP contribution in [-0.4, -0.2) is 12.7 Å². The molecule has 1 fully saturated rings. The first kappa shape index (κ1) is 7.80. The molecule has 10 heavy (non-hydrogen) atoms. The Morgan fingerprint density at radius 3 is 3.10 bits per heavy atom. The monoisotopic (exact) mass is 140 g/mol. The highest BCUT2D eigenvalue weighted by Gasteiger charge is 2.10. The van der Waals surface area contributed by atoms with Crippen LogP contribution in [0, 0.1) is 0 Å². The van der Waals surface area contributed by atoms with Crippen molar-refractivity contribution in [3.05, 3.63) is 12.2 Å². The van der Waals surface area contributed by atoms with Gasteiger partial charge in [-0.1, -0.05) is 25.5 Å². The van der Waals surface area contributed by atoms with Crippen LogP contribution in [0.1, 0.15) is 32.6 Å². The zero-order valence-corrected chi connectivity index (χ0v) is 6.68. The summed E-state index contributed by atoms with van der Waals surface area (Å²) in [5.41, 5.74) is 0. The fraction of sp³-hybridized carbons (Fsp3) is 0.778. The lowest BCUT2D eigenvalue weighted by Crippen LogP contribution is -1.98. The minimum atomic E-state index is 0.437. The second-order valence-corrected chi connectivity index (χ2v) is 2.77. The van der Waals surface area contributed by atoms with Gasteiger partial charge < -0.3 is 4.74 Å². The Bertz CT molecular complexity index is 101. The molecule has 1 rings (SSSR count). The number of hydrogen-bond donors (Lipinski definition) is 0. The van der Waals surface area contributed by atoms with Gasteiger partial charge in [0.05, 0.1) is 6.10 Å². The molecule has 1 aliphatic heterocycles. The molecule has 0 aromatic heterocycles. The number of allylic oxidation sites excluding steroid dienone is 1. The van der Waals surface area contributed by atoms with Gasteiger partial charge >= 0.3 is 0 Å². The molecule has 0 N–H and O–H groups in total. The Balaban J connectivity index is 2.10. The predicted molar refractivity (Wildman–Crippen MR) is 43.0 cm³/mol. The maximum Gasteiger partial charge on any atom is 0.0756 e. The van der Waals surface area contributed by atoms with Crippen LogP contribution in [0.5, 0.6) is 0 Å². The molecule has 0 spiro atoms. The van der Waals surface area contributed by atoms with E-state index in [0.717, 1.165) is 6.61 Å². The summed E-state index contributed by atoms with van der Waals surface area (Å²) < 4.78 is 5.41. The van der Waals surface area contributed by atoms with Crippen LogP contribution < -0.4 is 0 Å². The molecule has 0 saturated carbocycles. The van der Waals surface area contributed by atoms with Gasteiger partial charge in [-0.05, 0) is 19.3 Å². The van der Waals surface area contributed by atoms with Gasteiger partial charge in [0.1, 0.15) is 0 Å². The average Bonchev–Trinajstić information content (AvgIpc) is 2.41. The molecule has 58 valence electrons. The zero-order chi connectivity index (χ0) is 7.23. The fourth-order valence-corrected chi connectivity index (χ4v) is 1.17. The Morgan fingerprint density at radius 2 is 2.50 bits per heavy atom. The summed E-state index contributed by atoms with van der Waals surface area (Å²) in [5, 5.41) is 0. The summed E-state index contributed by atoms with van der Waals surface area (Å²) in [4.78, 5) is 0. The number of hydrogen-bond acceptors (Lipinski definition) is 1. The maximum absolute atomic E-state index is 5.41. The van der Waals surface area contributed by atoms with Crippen LogP contribution in [0.4, 0.5) is 0 Å². The number of rotatable bonds is 3. The molecule has 1 saturated heterocycles. The summed E-state index contributed by atoms with van der Waals surface area (Å²) in [5.74, 6) is 0. The topological polar surface area (TPSA) is 9.23 Å². The summed E-state index contributed by atoms with van der Waals surface area (Å²) in [6.45, 7) is 3.15. The third-order valence-electron chi connectivity index (χ3n) is 1.77. The minimum absolute atomic E-state index is 0.437. The third-order valence-corrected chi connectivity index (χ3v) is 1.77. The number of unbranched alkanes of at least 4 members (excludes halogenated alkanes) is 1. The van der Waals surface area contributed by atoms with E-state index in [0.29, 0.717) is 6.10 Å². The average molecular weight is 140 g/mol. The molecule has 1 aliphatic rings. The van der Waals surface area contributed by atoms with E-state index < -0.39 is 0 Å². The summed E-state index contributed by atoms with van der Waals surface area (Å²) >= 11 is 0. The Morgan fingerprint density at radius 1 is 1.60 bits per heavy atom. The standard InChI is InChI=1S/C9H16O/c1-2-3-4-6-9-7-5-8-10-9/h4,6,9H,2-3,5,7-8H2,1H3/b6-4-/t9-/m0/s1. The van der Waals surface area contributed by atoms with Crippen LogP contribution in [0.15, 0.2) is 12.2 Å². The zero-order valence-electron chi connectivity index (χ0n) is 6.68. The molecular formula is C9H16O. The van der Waals surface area contributed by atoms with Crippen molar-refractivity contribution in [3.8, 4) is 0 Å². The van der Waals surface area contributed by atoms with Gasteiger partial charge in [0.25, 0.3) is 0 Å². The number of ether oxygens (including phenoxy) is 1. The van der Waals surface area contributed by atoms with E-state index >= 15 is 0 Å². The molecule has 1 heteroatoms. The fourth-order valence-electron chi connectivity index (χ4n) is 1.17. The molecule has 0 aromatic carbocycles. The lowest BCUT2D eigenvalue weighted by atomic mass is 10.2. The lowest BCUT2D eigenvalue weighted by Gasteiger charge is -1.99. The molecule has 1 atom stereocenters. The maximum atomic E-state index is 5.41. The predicted octanol–water partition coefficient (Wildman–Crippen LogP) is 2.52. The van der Waals surface area contributed by atoms with Crippen LogP contribution in [0.25, 0.3) is 0 Å². The summed E-state index contributed by atoms with van der Waals surface area (Å²) in [7, 11) is 0. The van der Waals surface area contributed by atoms with Crippen molar-refractivity contribution < 1.29 is 4.74 Å². The molecule has 1 nitrogen and oxygen atoms in total. The third kappa shape index (κ3) is 2.53. The summed E-state index contributed by atoms with van der Waals surface area (Å²) in [6, 6.07) is 0. The summed E-state index contributed by atoms with van der Waals surface area (Å²) in [6.07, 6.45) is 9.77. The van der Waals surface area contributed by atoms with Gasteiger partial charge in [0.15, 0.2) is 0 Å². The van der Waals surface area contributed by atoms with Crippen LogP contribution >= 0.6 is 0 Å². The van der Waals surface area contributed by atoms with Gasteiger partial charge in [-0.3, -0.25) is 0 Å². The van der Waals surface area contributed by atoms with Crippen LogP contribution in [-0.2, 0) is 4.74 Å². The van der Waals surface area contributed by atoms with E-state index in [1.54, 1.807) is 0 Å². The van der Waals surface area contributed by atoms with Crippen molar-refractivity contribution in [2.24, 2.45) is 0 Å². The minimum Gasteiger partial charge on any atom is -0.374 e. The largest absolute Gasteiger partial charge is 0.374 e. The second-order valence-electron chi connectivity index (χ2n) is 2.77. The molecule has 0 amide bonds. The highest BCUT2D eigenvalue weighted by Crippen LogP contribution is 2.12. The molecule has 0 unspecified atom stereocenters. The van der Waals surface area contributed by atoms with Gasteiger partial charge in [-0.15, -0.1) is 0 Å². The highest BCUT2D eigenvalue weighted by molar-refractivity contribution is 4.91. The van der Waals surface area contributed by atoms with Crippen molar-refractivity contribution in [1.29, 1.82) is 0 Å². The second kappa shape index (κ2) is 4.51. The Hall–Kier alpha value is -0.300. The van der Waals surface area contributed by atoms with Crippen molar-refractivity contribution in [1.82, 2.24) is 0 Å². The van der Waals surface area contributed by atoms with Gasteiger partial charge in [-0.25, -0.2) is 0 Å². The molecule has 0 radical (unpaired) electrons. The van der Waals surface area contributed by atoms with Crippen LogP contribution in [0.2, 0.25) is 0 Å². The van der Waals surface area contributed by atoms with Crippen molar-refractivity contribution in [3.63, 3.8) is 0 Å². The van der Waals surface area contributed by atoms with E-state index in [2.05, 4.69) is 19.1 Å². The van der Waals surface area contributed by atoms with E-state index in [-0.39, 0.29) is 0 Å². The van der Waals surface area contributed by atoms with Crippen LogP contribution in [0.3, 0.4) is 0 Å². The van der Waals surface area contributed by atoms with E-state index in [9.17, 15) is 0 Å². The Kier molecular flexibility index (Phi) is 3.52. The quantitative estimate of drug-likeness (QED) is 0.547. The molecule has 0 bridgehead atoms. The Labute approximate surface area is 63.1 Å². The smallest absolute Gasteiger partial charge is 0.0756 e. The van der Waals surface area contributed by atoms with Gasteiger partial charge in [0.2, 0.25) is 0 Å². The van der Waals surface area contributed by atoms with Crippen molar-refractivity contribution >= 4 is 0 Å². The SMILES string of the molecule is CCC/C=C\[C@H]1CCCO1. The normalized spacial score (nSPS) is 26.3. The first-order valence-electron chi connectivity index (χ1n) is 4.21. The van der Waals surface area contributed by atoms with E-state index in [1.165, 1.54) is 25.7 Å². The van der Waals surface area contributed by atoms with Crippen molar-refractivity contribution in [2.45, 2.75) is 38.7 Å². The van der Waals surface area contributed by atoms with E-state index in [4.69, 9.17) is 4.74 Å². The van der Waals surface area contributed by atoms with Crippen molar-refractivity contribution in [2.75, 3.05) is 6.61 Å². The first-order chi connectivity index (χ1) is 4.93. The highest BCUT2D eigenvalue weighted by atomic mass is 16.5. The lowest BCUT2D eigenvalue weighted by molar-refractivity contribution is 0.145. The van der Waals surface area contributed by atoms with E-state index in [1.807, 2.05) is 0 Å².